The van der Waals surface area contributed by atoms with Crippen LogP contribution in [0.5, 0.6) is 0 Å². The molecule has 0 spiro atoms. The smallest absolute Gasteiger partial charge is 0.242 e. The number of carbonyl (C=O) groups is 1. The number of hydrogen-bond acceptors (Lipinski definition) is 3. The maximum Gasteiger partial charge on any atom is 0.242 e. The van der Waals surface area contributed by atoms with E-state index in [1.54, 1.807) is 0 Å². The second-order valence-electron chi connectivity index (χ2n) is 4.04. The van der Waals surface area contributed by atoms with Crippen LogP contribution in [-0.2, 0) is 4.79 Å². The van der Waals surface area contributed by atoms with Crippen molar-refractivity contribution in [1.29, 1.82) is 0 Å². The fourth-order valence-corrected chi connectivity index (χ4v) is 2.25. The molecule has 0 atom stereocenters. The minimum Gasteiger partial charge on any atom is -0.339 e. The first kappa shape index (κ1) is 11.9. The van der Waals surface area contributed by atoms with Crippen LogP contribution in [0.25, 0.3) is 0 Å². The summed E-state index contributed by atoms with van der Waals surface area (Å²) in [6.45, 7) is 8.71. The molecule has 1 aliphatic heterocycles. The summed E-state index contributed by atoms with van der Waals surface area (Å²) in [4.78, 5) is 13.9. The maximum atomic E-state index is 11.9. The zero-order chi connectivity index (χ0) is 10.6. The van der Waals surface area contributed by atoms with Crippen molar-refractivity contribution in [2.24, 2.45) is 0 Å². The predicted molar refractivity (Wildman–Crippen MR) is 61.7 cm³/mol. The van der Waals surface area contributed by atoms with Gasteiger partial charge in [-0.05, 0) is 19.6 Å². The van der Waals surface area contributed by atoms with E-state index in [-0.39, 0.29) is 11.4 Å². The van der Waals surface area contributed by atoms with Crippen LogP contribution >= 0.6 is 11.8 Å². The summed E-state index contributed by atoms with van der Waals surface area (Å²) in [5.41, 5.74) is -0.366. The minimum atomic E-state index is -0.366. The summed E-state index contributed by atoms with van der Waals surface area (Å²) in [6.07, 6.45) is 0. The summed E-state index contributed by atoms with van der Waals surface area (Å²) in [6, 6.07) is 0. The largest absolute Gasteiger partial charge is 0.339 e. The molecule has 14 heavy (non-hydrogen) atoms. The van der Waals surface area contributed by atoms with Gasteiger partial charge in [0.15, 0.2) is 0 Å². The van der Waals surface area contributed by atoms with Crippen molar-refractivity contribution in [3.05, 3.63) is 0 Å². The van der Waals surface area contributed by atoms with Crippen LogP contribution in [-0.4, -0.2) is 47.5 Å². The molecule has 0 radical (unpaired) electrons. The van der Waals surface area contributed by atoms with Crippen molar-refractivity contribution >= 4 is 17.7 Å². The lowest BCUT2D eigenvalue weighted by atomic mass is 10.0. The highest BCUT2D eigenvalue weighted by atomic mass is 32.2. The molecule has 1 fully saturated rings. The molecule has 0 aliphatic carbocycles. The number of amides is 1. The fraction of sp³-hybridized carbons (Fsp3) is 0.900. The van der Waals surface area contributed by atoms with Crippen molar-refractivity contribution in [3.63, 3.8) is 0 Å². The summed E-state index contributed by atoms with van der Waals surface area (Å²) in [5, 5.41) is 3.23. The molecule has 1 heterocycles. The Balaban J connectivity index is 2.41. The van der Waals surface area contributed by atoms with E-state index in [2.05, 4.69) is 12.2 Å². The second-order valence-corrected chi connectivity index (χ2v) is 5.43. The van der Waals surface area contributed by atoms with Gasteiger partial charge in [-0.1, -0.05) is 6.92 Å². The number of thioether (sulfide) groups is 1. The molecule has 1 aliphatic rings. The van der Waals surface area contributed by atoms with Crippen LogP contribution in [0.15, 0.2) is 0 Å². The van der Waals surface area contributed by atoms with E-state index in [0.29, 0.717) is 0 Å². The Hall–Kier alpha value is -0.220. The molecule has 1 rings (SSSR count). The Morgan fingerprint density at radius 3 is 2.93 bits per heavy atom. The first-order valence-electron chi connectivity index (χ1n) is 5.20. The summed E-state index contributed by atoms with van der Waals surface area (Å²) >= 11 is 1.89. The van der Waals surface area contributed by atoms with Gasteiger partial charge in [0.1, 0.15) is 0 Å². The molecule has 4 heteroatoms. The molecular weight excluding hydrogens is 196 g/mol. The zero-order valence-electron chi connectivity index (χ0n) is 9.30. The predicted octanol–water partition coefficient (Wildman–Crippen LogP) is 0.950. The highest BCUT2D eigenvalue weighted by Crippen LogP contribution is 2.12. The van der Waals surface area contributed by atoms with E-state index >= 15 is 0 Å². The molecule has 82 valence electrons. The number of nitrogens with one attached hydrogen (secondary N) is 1. The molecule has 1 saturated heterocycles. The van der Waals surface area contributed by atoms with E-state index in [4.69, 9.17) is 0 Å². The topological polar surface area (TPSA) is 32.3 Å². The average Bonchev–Trinajstić information content (AvgIpc) is 2.13. The normalized spacial score (nSPS) is 21.4. The zero-order valence-corrected chi connectivity index (χ0v) is 10.1. The van der Waals surface area contributed by atoms with Crippen molar-refractivity contribution in [1.82, 2.24) is 10.2 Å². The molecule has 0 aromatic carbocycles. The molecule has 3 nitrogen and oxygen atoms in total. The highest BCUT2D eigenvalue weighted by molar-refractivity contribution is 7.99. The highest BCUT2D eigenvalue weighted by Gasteiger charge is 2.34. The van der Waals surface area contributed by atoms with Gasteiger partial charge < -0.3 is 10.2 Å². The Kier molecular flexibility index (Phi) is 4.26. The van der Waals surface area contributed by atoms with E-state index in [1.807, 2.05) is 30.5 Å². The van der Waals surface area contributed by atoms with Crippen molar-refractivity contribution in [2.75, 3.05) is 31.1 Å². The Morgan fingerprint density at radius 1 is 1.57 bits per heavy atom. The molecule has 0 aromatic heterocycles. The molecule has 0 unspecified atom stereocenters. The van der Waals surface area contributed by atoms with E-state index < -0.39 is 0 Å². The molecular formula is C10H20N2OS. The Labute approximate surface area is 90.6 Å². The number of nitrogens with zero attached hydrogens (tertiary/aromatic N) is 1. The van der Waals surface area contributed by atoms with Gasteiger partial charge in [0.2, 0.25) is 5.91 Å². The SMILES string of the molecule is CCSCCN1CCNC(C)(C)C1=O. The third kappa shape index (κ3) is 2.89. The van der Waals surface area contributed by atoms with Gasteiger partial charge in [0.05, 0.1) is 5.54 Å². The lowest BCUT2D eigenvalue weighted by Crippen LogP contribution is -2.61. The third-order valence-electron chi connectivity index (χ3n) is 2.48. The number of carbonyl (C=O) groups excluding carboxylic acids is 1. The summed E-state index contributed by atoms with van der Waals surface area (Å²) in [7, 11) is 0. The monoisotopic (exact) mass is 216 g/mol. The number of rotatable bonds is 4. The van der Waals surface area contributed by atoms with Gasteiger partial charge in [-0.3, -0.25) is 4.79 Å². The van der Waals surface area contributed by atoms with Gasteiger partial charge in [-0.15, -0.1) is 0 Å². The third-order valence-corrected chi connectivity index (χ3v) is 3.36. The minimum absolute atomic E-state index is 0.237. The standard InChI is InChI=1S/C10H20N2OS/c1-4-14-8-7-12-6-5-11-10(2,3)9(12)13/h11H,4-8H2,1-3H3. The van der Waals surface area contributed by atoms with Gasteiger partial charge >= 0.3 is 0 Å². The van der Waals surface area contributed by atoms with Gasteiger partial charge in [0.25, 0.3) is 0 Å². The first-order valence-corrected chi connectivity index (χ1v) is 6.35. The van der Waals surface area contributed by atoms with Crippen molar-refractivity contribution in [2.45, 2.75) is 26.3 Å². The fourth-order valence-electron chi connectivity index (χ4n) is 1.61. The van der Waals surface area contributed by atoms with Crippen LogP contribution in [0.2, 0.25) is 0 Å². The average molecular weight is 216 g/mol. The molecule has 1 N–H and O–H groups in total. The van der Waals surface area contributed by atoms with Crippen molar-refractivity contribution in [3.8, 4) is 0 Å². The summed E-state index contributed by atoms with van der Waals surface area (Å²) < 4.78 is 0. The van der Waals surface area contributed by atoms with Gasteiger partial charge in [0, 0.05) is 25.4 Å². The van der Waals surface area contributed by atoms with E-state index in [1.165, 1.54) is 0 Å². The van der Waals surface area contributed by atoms with E-state index in [0.717, 1.165) is 31.1 Å². The first-order chi connectivity index (χ1) is 6.58. The van der Waals surface area contributed by atoms with Crippen LogP contribution in [0.3, 0.4) is 0 Å². The van der Waals surface area contributed by atoms with Crippen molar-refractivity contribution < 1.29 is 4.79 Å². The molecule has 0 saturated carbocycles. The van der Waals surface area contributed by atoms with Crippen LogP contribution in [0.4, 0.5) is 0 Å². The van der Waals surface area contributed by atoms with E-state index in [9.17, 15) is 4.79 Å². The van der Waals surface area contributed by atoms with Crippen LogP contribution in [0, 0.1) is 0 Å². The quantitative estimate of drug-likeness (QED) is 0.710. The summed E-state index contributed by atoms with van der Waals surface area (Å²) in [5.74, 6) is 2.42. The molecule has 1 amide bonds. The van der Waals surface area contributed by atoms with Crippen LogP contribution in [0.1, 0.15) is 20.8 Å². The second kappa shape index (κ2) is 5.03. The van der Waals surface area contributed by atoms with Gasteiger partial charge in [-0.25, -0.2) is 0 Å². The Morgan fingerprint density at radius 2 is 2.29 bits per heavy atom. The lowest BCUT2D eigenvalue weighted by Gasteiger charge is -2.38. The number of piperazine rings is 1. The molecule has 0 bridgehead atoms. The molecule has 0 aromatic rings. The lowest BCUT2D eigenvalue weighted by molar-refractivity contribution is -0.139. The van der Waals surface area contributed by atoms with Gasteiger partial charge in [-0.2, -0.15) is 11.8 Å². The van der Waals surface area contributed by atoms with Crippen LogP contribution < -0.4 is 5.32 Å². The Bertz CT molecular complexity index is 206. The maximum absolute atomic E-state index is 11.9. The number of hydrogen-bond donors (Lipinski definition) is 1.